The van der Waals surface area contributed by atoms with Crippen LogP contribution < -0.4 is 0 Å². The van der Waals surface area contributed by atoms with Crippen LogP contribution in [0.2, 0.25) is 0 Å². The smallest absolute Gasteiger partial charge is 0.298 e. The molecule has 0 aromatic heterocycles. The number of hydrogen-bond donors (Lipinski definition) is 0. The minimum atomic E-state index is -4.21. The highest BCUT2D eigenvalue weighted by atomic mass is 19.4. The first kappa shape index (κ1) is 39.6. The summed E-state index contributed by atoms with van der Waals surface area (Å²) in [6, 6.07) is 21.2. The van der Waals surface area contributed by atoms with Crippen molar-refractivity contribution in [3.8, 4) is 0 Å². The Bertz CT molecular complexity index is 1150. The van der Waals surface area contributed by atoms with Crippen LogP contribution in [0.25, 0.3) is 6.08 Å². The quantitative estimate of drug-likeness (QED) is 0.167. The van der Waals surface area contributed by atoms with Crippen LogP contribution in [0.3, 0.4) is 0 Å². The van der Waals surface area contributed by atoms with Gasteiger partial charge in [-0.1, -0.05) is 113 Å². The highest BCUT2D eigenvalue weighted by Crippen LogP contribution is 2.30. The van der Waals surface area contributed by atoms with Crippen molar-refractivity contribution >= 4 is 12.4 Å². The van der Waals surface area contributed by atoms with Crippen LogP contribution in [0.1, 0.15) is 98.5 Å². The summed E-state index contributed by atoms with van der Waals surface area (Å²) in [6.45, 7) is 21.1. The molecule has 0 heterocycles. The van der Waals surface area contributed by atoms with E-state index in [0.717, 1.165) is 59.3 Å². The Balaban J connectivity index is 0.000000540. The summed E-state index contributed by atoms with van der Waals surface area (Å²) in [5.41, 5.74) is 4.69. The molecule has 3 aromatic carbocycles. The van der Waals surface area contributed by atoms with E-state index in [0.29, 0.717) is 0 Å². The number of allylic oxidation sites excluding steroid dienone is 1. The van der Waals surface area contributed by atoms with E-state index in [2.05, 4.69) is 65.1 Å². The van der Waals surface area contributed by atoms with E-state index in [9.17, 15) is 18.0 Å². The molecule has 3 atom stereocenters. The summed E-state index contributed by atoms with van der Waals surface area (Å²) in [5, 5.41) is 0. The molecule has 3 aromatic rings. The molecule has 1 nitrogen and oxygen atoms in total. The van der Waals surface area contributed by atoms with Gasteiger partial charge in [0.15, 0.2) is 0 Å². The third-order valence-corrected chi connectivity index (χ3v) is 7.17. The van der Waals surface area contributed by atoms with Gasteiger partial charge in [0.2, 0.25) is 0 Å². The summed E-state index contributed by atoms with van der Waals surface area (Å²) in [7, 11) is 0. The van der Waals surface area contributed by atoms with E-state index in [1.165, 1.54) is 48.9 Å². The van der Waals surface area contributed by atoms with Crippen LogP contribution >= 0.6 is 0 Å². The van der Waals surface area contributed by atoms with Crippen LogP contribution in [0, 0.1) is 31.6 Å². The SMILES string of the molecule is C/C=C\c1ccc(C=O)cc1C.C=C.CC1C[C@H](C)CC[C@H](C)C1.CCc1ccccc1.Cc1ccc(C(F)(F)F)cc1. The van der Waals surface area contributed by atoms with E-state index in [1.54, 1.807) is 6.92 Å². The molecule has 0 saturated heterocycles. The number of hydrogen-bond acceptors (Lipinski definition) is 1. The summed E-state index contributed by atoms with van der Waals surface area (Å²) in [4.78, 5) is 10.4. The number of carbonyl (C=O) groups excluding carboxylic acids is 1. The van der Waals surface area contributed by atoms with Gasteiger partial charge in [0.25, 0.3) is 0 Å². The Labute approximate surface area is 260 Å². The maximum atomic E-state index is 11.9. The lowest BCUT2D eigenvalue weighted by atomic mass is 9.95. The molecule has 0 aliphatic heterocycles. The molecule has 0 radical (unpaired) electrons. The molecule has 236 valence electrons. The van der Waals surface area contributed by atoms with Gasteiger partial charge in [0.1, 0.15) is 6.29 Å². The fourth-order valence-electron chi connectivity index (χ4n) is 4.87. The zero-order valence-corrected chi connectivity index (χ0v) is 27.4. The normalized spacial score (nSPS) is 17.7. The Kier molecular flexibility index (Phi) is 20.4. The molecule has 1 saturated carbocycles. The number of alkyl halides is 3. The molecular weight excluding hydrogens is 541 g/mol. The Morgan fingerprint density at radius 2 is 1.35 bits per heavy atom. The molecule has 1 unspecified atom stereocenters. The Morgan fingerprint density at radius 1 is 0.814 bits per heavy atom. The Morgan fingerprint density at radius 3 is 1.74 bits per heavy atom. The van der Waals surface area contributed by atoms with E-state index in [1.807, 2.05) is 50.3 Å². The van der Waals surface area contributed by atoms with Crippen molar-refractivity contribution in [1.82, 2.24) is 0 Å². The lowest BCUT2D eigenvalue weighted by molar-refractivity contribution is -0.137. The summed E-state index contributed by atoms with van der Waals surface area (Å²) >= 11 is 0. The van der Waals surface area contributed by atoms with Crippen LogP contribution in [-0.4, -0.2) is 6.29 Å². The third kappa shape index (κ3) is 18.0. The van der Waals surface area contributed by atoms with E-state index < -0.39 is 11.7 Å². The lowest BCUT2D eigenvalue weighted by Crippen LogP contribution is -2.03. The summed E-state index contributed by atoms with van der Waals surface area (Å²) < 4.78 is 35.8. The fourth-order valence-corrected chi connectivity index (χ4v) is 4.87. The average molecular weight is 595 g/mol. The third-order valence-electron chi connectivity index (χ3n) is 7.17. The average Bonchev–Trinajstić information content (AvgIpc) is 3.14. The molecule has 4 rings (SSSR count). The summed E-state index contributed by atoms with van der Waals surface area (Å²) in [5.74, 6) is 2.95. The number of rotatable bonds is 3. The van der Waals surface area contributed by atoms with Gasteiger partial charge in [-0.05, 0) is 92.7 Å². The number of carbonyl (C=O) groups is 1. The monoisotopic (exact) mass is 594 g/mol. The number of benzene rings is 3. The van der Waals surface area contributed by atoms with E-state index in [-0.39, 0.29) is 0 Å². The fraction of sp³-hybridized carbons (Fsp3) is 0.410. The van der Waals surface area contributed by atoms with Crippen LogP contribution in [0.4, 0.5) is 13.2 Å². The molecule has 0 N–H and O–H groups in total. The first-order valence-electron chi connectivity index (χ1n) is 15.3. The second-order valence-corrected chi connectivity index (χ2v) is 11.3. The van der Waals surface area contributed by atoms with Crippen molar-refractivity contribution in [2.24, 2.45) is 17.8 Å². The zero-order chi connectivity index (χ0) is 32.8. The maximum absolute atomic E-state index is 11.9. The molecule has 0 spiro atoms. The van der Waals surface area contributed by atoms with Gasteiger partial charge in [-0.25, -0.2) is 0 Å². The summed E-state index contributed by atoms with van der Waals surface area (Å²) in [6.07, 6.45) is 7.67. The first-order valence-corrected chi connectivity index (χ1v) is 15.3. The molecule has 1 aliphatic rings. The molecule has 0 amide bonds. The van der Waals surface area contributed by atoms with Crippen molar-refractivity contribution < 1.29 is 18.0 Å². The molecular formula is C39H53F3O. The van der Waals surface area contributed by atoms with Crippen molar-refractivity contribution in [3.05, 3.63) is 125 Å². The van der Waals surface area contributed by atoms with Gasteiger partial charge in [0.05, 0.1) is 5.56 Å². The van der Waals surface area contributed by atoms with Crippen molar-refractivity contribution in [3.63, 3.8) is 0 Å². The van der Waals surface area contributed by atoms with Crippen LogP contribution in [0.15, 0.2) is 92.0 Å². The minimum absolute atomic E-state index is 0.594. The zero-order valence-electron chi connectivity index (χ0n) is 27.4. The molecule has 4 heteroatoms. The number of aldehydes is 1. The van der Waals surface area contributed by atoms with Gasteiger partial charge in [-0.15, -0.1) is 13.2 Å². The highest BCUT2D eigenvalue weighted by molar-refractivity contribution is 5.76. The number of halogens is 3. The second-order valence-electron chi connectivity index (χ2n) is 11.3. The molecule has 43 heavy (non-hydrogen) atoms. The molecule has 0 bridgehead atoms. The van der Waals surface area contributed by atoms with Crippen LogP contribution in [-0.2, 0) is 12.6 Å². The predicted octanol–water partition coefficient (Wildman–Crippen LogP) is 12.4. The minimum Gasteiger partial charge on any atom is -0.298 e. The van der Waals surface area contributed by atoms with Gasteiger partial charge >= 0.3 is 6.18 Å². The molecule has 1 aliphatic carbocycles. The van der Waals surface area contributed by atoms with Crippen LogP contribution in [0.5, 0.6) is 0 Å². The van der Waals surface area contributed by atoms with E-state index in [4.69, 9.17) is 0 Å². The molecule has 1 fully saturated rings. The second kappa shape index (κ2) is 22.2. The van der Waals surface area contributed by atoms with E-state index >= 15 is 0 Å². The first-order chi connectivity index (χ1) is 20.4. The standard InChI is InChI=1S/C11H12O.C10H20.C8H7F3.C8H10.C2H4/c1-3-4-11-6-5-10(8-12)7-9(11)2;1-8-4-5-9(2)7-10(3)6-8;1-6-2-4-7(5-3-6)8(9,10)11;1-2-8-6-4-3-5-7-8;1-2/h3-8H,1-2H3;8-10H,4-7H2,1-3H3;2-5H,1H3;3-7H,2H2,1H3;1-2H2/b4-3-;;;;/t;8-,9+,10?;;;. The predicted molar refractivity (Wildman–Crippen MR) is 180 cm³/mol. The maximum Gasteiger partial charge on any atom is 0.416 e. The highest BCUT2D eigenvalue weighted by Gasteiger charge is 2.29. The van der Waals surface area contributed by atoms with Gasteiger partial charge < -0.3 is 0 Å². The van der Waals surface area contributed by atoms with Crippen molar-refractivity contribution in [1.29, 1.82) is 0 Å². The van der Waals surface area contributed by atoms with Gasteiger partial charge in [0, 0.05) is 5.56 Å². The van der Waals surface area contributed by atoms with Gasteiger partial charge in [-0.3, -0.25) is 4.79 Å². The van der Waals surface area contributed by atoms with Gasteiger partial charge in [-0.2, -0.15) is 13.2 Å². The van der Waals surface area contributed by atoms with Crippen molar-refractivity contribution in [2.45, 2.75) is 86.7 Å². The lowest BCUT2D eigenvalue weighted by Gasteiger charge is -2.11. The van der Waals surface area contributed by atoms with Crippen molar-refractivity contribution in [2.75, 3.05) is 0 Å². The Hall–Kier alpha value is -3.40. The topological polar surface area (TPSA) is 17.1 Å². The largest absolute Gasteiger partial charge is 0.416 e. The number of aryl methyl sites for hydroxylation is 3.